The number of nitrogens with one attached hydrogen (secondary N) is 1. The lowest BCUT2D eigenvalue weighted by atomic mass is 10.2. The quantitative estimate of drug-likeness (QED) is 0.582. The summed E-state index contributed by atoms with van der Waals surface area (Å²) in [5, 5.41) is 11.1. The second-order valence-electron chi connectivity index (χ2n) is 4.46. The van der Waals surface area contributed by atoms with Crippen LogP contribution in [0.15, 0.2) is 31.3 Å². The molecule has 2 rings (SSSR count). The standard InChI is InChI=1S/C13H13Br2N3O2S/c1-7(2)20-12-8(3-9(14)4-10(12)15)5-16-18-13-17-11(19)6-21-13/h3-5,7H,6H2,1-2H3,(H,17,18,19). The van der Waals surface area contributed by atoms with Crippen LogP contribution in [0.1, 0.15) is 19.4 Å². The number of rotatable bonds is 4. The van der Waals surface area contributed by atoms with E-state index in [1.807, 2.05) is 26.0 Å². The van der Waals surface area contributed by atoms with Gasteiger partial charge in [0, 0.05) is 10.0 Å². The Bertz CT molecular complexity index is 618. The van der Waals surface area contributed by atoms with Crippen molar-refractivity contribution in [1.29, 1.82) is 0 Å². The van der Waals surface area contributed by atoms with Gasteiger partial charge in [-0.3, -0.25) is 4.79 Å². The second kappa shape index (κ2) is 7.42. The Labute approximate surface area is 143 Å². The molecule has 0 saturated carbocycles. The number of carbonyl (C=O) groups excluding carboxylic acids is 1. The molecule has 0 radical (unpaired) electrons. The van der Waals surface area contributed by atoms with E-state index in [1.165, 1.54) is 11.8 Å². The second-order valence-corrected chi connectivity index (χ2v) is 7.19. The van der Waals surface area contributed by atoms with Crippen molar-refractivity contribution in [2.75, 3.05) is 5.75 Å². The molecule has 1 heterocycles. The van der Waals surface area contributed by atoms with Gasteiger partial charge in [-0.1, -0.05) is 27.7 Å². The van der Waals surface area contributed by atoms with E-state index in [9.17, 15) is 4.79 Å². The maximum Gasteiger partial charge on any atom is 0.236 e. The van der Waals surface area contributed by atoms with E-state index in [0.29, 0.717) is 16.7 Å². The van der Waals surface area contributed by atoms with Crippen LogP contribution in [0.5, 0.6) is 5.75 Å². The zero-order chi connectivity index (χ0) is 15.4. The number of nitrogens with zero attached hydrogens (tertiary/aromatic N) is 2. The Hall–Kier alpha value is -0.860. The summed E-state index contributed by atoms with van der Waals surface area (Å²) >= 11 is 8.25. The van der Waals surface area contributed by atoms with Gasteiger partial charge in [-0.2, -0.15) is 5.10 Å². The highest BCUT2D eigenvalue weighted by molar-refractivity contribution is 9.11. The summed E-state index contributed by atoms with van der Waals surface area (Å²) < 4.78 is 7.53. The largest absolute Gasteiger partial charge is 0.489 e. The number of amidine groups is 1. The van der Waals surface area contributed by atoms with Crippen LogP contribution in [0.3, 0.4) is 0 Å². The van der Waals surface area contributed by atoms with E-state index >= 15 is 0 Å². The lowest BCUT2D eigenvalue weighted by Crippen LogP contribution is -2.19. The summed E-state index contributed by atoms with van der Waals surface area (Å²) in [6.07, 6.45) is 1.65. The summed E-state index contributed by atoms with van der Waals surface area (Å²) in [4.78, 5) is 11.1. The molecule has 1 amide bonds. The Morgan fingerprint density at radius 1 is 1.43 bits per heavy atom. The third-order valence-electron chi connectivity index (χ3n) is 2.32. The molecule has 0 aliphatic carbocycles. The molecule has 1 aromatic rings. The fourth-order valence-electron chi connectivity index (χ4n) is 1.56. The smallest absolute Gasteiger partial charge is 0.236 e. The Morgan fingerprint density at radius 2 is 2.19 bits per heavy atom. The van der Waals surface area contributed by atoms with Gasteiger partial charge >= 0.3 is 0 Å². The molecule has 8 heteroatoms. The first-order chi connectivity index (χ1) is 9.95. The first-order valence-electron chi connectivity index (χ1n) is 6.15. The molecule has 112 valence electrons. The third kappa shape index (κ3) is 4.82. The molecule has 1 aromatic carbocycles. The van der Waals surface area contributed by atoms with Crippen LogP contribution in [0.25, 0.3) is 0 Å². The fraction of sp³-hybridized carbons (Fsp3) is 0.308. The van der Waals surface area contributed by atoms with Crippen molar-refractivity contribution in [3.8, 4) is 5.75 Å². The van der Waals surface area contributed by atoms with Gasteiger partial charge in [-0.15, -0.1) is 5.10 Å². The van der Waals surface area contributed by atoms with Crippen LogP contribution in [0.2, 0.25) is 0 Å². The van der Waals surface area contributed by atoms with Gasteiger partial charge in [0.05, 0.1) is 22.5 Å². The van der Waals surface area contributed by atoms with Gasteiger partial charge in [-0.05, 0) is 41.9 Å². The average molecular weight is 435 g/mol. The predicted octanol–water partition coefficient (Wildman–Crippen LogP) is 3.55. The highest BCUT2D eigenvalue weighted by Gasteiger charge is 2.16. The minimum atomic E-state index is -0.0528. The molecule has 1 saturated heterocycles. The zero-order valence-electron chi connectivity index (χ0n) is 11.4. The number of benzene rings is 1. The maximum atomic E-state index is 11.1. The first-order valence-corrected chi connectivity index (χ1v) is 8.72. The molecule has 1 fully saturated rings. The van der Waals surface area contributed by atoms with Gasteiger partial charge in [0.25, 0.3) is 0 Å². The van der Waals surface area contributed by atoms with Crippen molar-refractivity contribution in [3.05, 3.63) is 26.6 Å². The van der Waals surface area contributed by atoms with E-state index in [1.54, 1.807) is 6.21 Å². The lowest BCUT2D eigenvalue weighted by molar-refractivity contribution is -0.116. The summed E-state index contributed by atoms with van der Waals surface area (Å²) in [6.45, 7) is 3.92. The summed E-state index contributed by atoms with van der Waals surface area (Å²) in [5.74, 6) is 1.04. The van der Waals surface area contributed by atoms with E-state index in [-0.39, 0.29) is 12.0 Å². The van der Waals surface area contributed by atoms with Crippen molar-refractivity contribution >= 4 is 60.9 Å². The lowest BCUT2D eigenvalue weighted by Gasteiger charge is -2.14. The molecule has 0 atom stereocenters. The molecule has 1 N–H and O–H groups in total. The highest BCUT2D eigenvalue weighted by atomic mass is 79.9. The number of carbonyl (C=O) groups is 1. The van der Waals surface area contributed by atoms with Crippen LogP contribution in [-0.2, 0) is 4.79 Å². The number of halogens is 2. The molecule has 1 aliphatic rings. The molecule has 0 spiro atoms. The number of thioether (sulfide) groups is 1. The normalized spacial score (nSPS) is 17.0. The molecule has 1 aliphatic heterocycles. The minimum absolute atomic E-state index is 0.0469. The zero-order valence-corrected chi connectivity index (χ0v) is 15.4. The van der Waals surface area contributed by atoms with Gasteiger partial charge < -0.3 is 10.1 Å². The van der Waals surface area contributed by atoms with Crippen LogP contribution in [0, 0.1) is 0 Å². The monoisotopic (exact) mass is 433 g/mol. The van der Waals surface area contributed by atoms with Gasteiger partial charge in [0.1, 0.15) is 5.75 Å². The topological polar surface area (TPSA) is 63.1 Å². The average Bonchev–Trinajstić information content (AvgIpc) is 2.79. The number of ether oxygens (including phenoxy) is 1. The van der Waals surface area contributed by atoms with Gasteiger partial charge in [0.15, 0.2) is 5.17 Å². The Balaban J connectivity index is 2.23. The van der Waals surface area contributed by atoms with Crippen molar-refractivity contribution in [1.82, 2.24) is 5.32 Å². The molecule has 0 bridgehead atoms. The number of hydrogen-bond donors (Lipinski definition) is 1. The van der Waals surface area contributed by atoms with E-state index < -0.39 is 0 Å². The molecule has 5 nitrogen and oxygen atoms in total. The van der Waals surface area contributed by atoms with Crippen LogP contribution in [0.4, 0.5) is 0 Å². The SMILES string of the molecule is CC(C)Oc1c(Br)cc(Br)cc1C=NN=C1NC(=O)CS1. The van der Waals surface area contributed by atoms with Crippen molar-refractivity contribution in [2.45, 2.75) is 20.0 Å². The van der Waals surface area contributed by atoms with Gasteiger partial charge in [0.2, 0.25) is 5.91 Å². The first kappa shape index (κ1) is 16.5. The predicted molar refractivity (Wildman–Crippen MR) is 93.2 cm³/mol. The van der Waals surface area contributed by atoms with Crippen LogP contribution in [-0.4, -0.2) is 29.1 Å². The molecule has 0 aromatic heterocycles. The summed E-state index contributed by atoms with van der Waals surface area (Å²) in [5.41, 5.74) is 0.795. The minimum Gasteiger partial charge on any atom is -0.489 e. The summed E-state index contributed by atoms with van der Waals surface area (Å²) in [6, 6.07) is 3.81. The van der Waals surface area contributed by atoms with Gasteiger partial charge in [-0.25, -0.2) is 0 Å². The Kier molecular flexibility index (Phi) is 5.83. The van der Waals surface area contributed by atoms with Crippen molar-refractivity contribution in [3.63, 3.8) is 0 Å². The van der Waals surface area contributed by atoms with E-state index in [4.69, 9.17) is 4.74 Å². The van der Waals surface area contributed by atoms with Crippen LogP contribution >= 0.6 is 43.6 Å². The molecular weight excluding hydrogens is 422 g/mol. The molecule has 21 heavy (non-hydrogen) atoms. The molecule has 0 unspecified atom stereocenters. The van der Waals surface area contributed by atoms with Crippen LogP contribution < -0.4 is 10.1 Å². The maximum absolute atomic E-state index is 11.1. The summed E-state index contributed by atoms with van der Waals surface area (Å²) in [7, 11) is 0. The number of hydrogen-bond acceptors (Lipinski definition) is 5. The van der Waals surface area contributed by atoms with Crippen molar-refractivity contribution in [2.24, 2.45) is 10.2 Å². The number of amides is 1. The van der Waals surface area contributed by atoms with Crippen molar-refractivity contribution < 1.29 is 9.53 Å². The van der Waals surface area contributed by atoms with E-state index in [0.717, 1.165) is 14.5 Å². The third-order valence-corrected chi connectivity index (χ3v) is 4.23. The Morgan fingerprint density at radius 3 is 2.81 bits per heavy atom. The highest BCUT2D eigenvalue weighted by Crippen LogP contribution is 2.32. The molecular formula is C13H13Br2N3O2S. The van der Waals surface area contributed by atoms with E-state index in [2.05, 4.69) is 47.4 Å². The fourth-order valence-corrected chi connectivity index (χ4v) is 3.54.